The van der Waals surface area contributed by atoms with Crippen molar-refractivity contribution in [2.45, 2.75) is 31.8 Å². The van der Waals surface area contributed by atoms with Crippen LogP contribution in [0.1, 0.15) is 31.9 Å². The van der Waals surface area contributed by atoms with Gasteiger partial charge in [-0.1, -0.05) is 0 Å². The molecular weight excluding hydrogens is 206 g/mol. The predicted molar refractivity (Wildman–Crippen MR) is 62.2 cm³/mol. The Bertz CT molecular complexity index is 278. The zero-order valence-corrected chi connectivity index (χ0v) is 10.2. The summed E-state index contributed by atoms with van der Waals surface area (Å²) in [6.45, 7) is 4.82. The second-order valence-electron chi connectivity index (χ2n) is 4.39. The highest BCUT2D eigenvalue weighted by molar-refractivity contribution is 5.11. The molecule has 16 heavy (non-hydrogen) atoms. The van der Waals surface area contributed by atoms with E-state index in [1.807, 2.05) is 13.0 Å². The van der Waals surface area contributed by atoms with E-state index in [-0.39, 0.29) is 18.2 Å². The Labute approximate surface area is 96.6 Å². The van der Waals surface area contributed by atoms with Crippen molar-refractivity contribution in [3.8, 4) is 0 Å². The van der Waals surface area contributed by atoms with Crippen LogP contribution in [0.5, 0.6) is 0 Å². The molecule has 0 spiro atoms. The molecule has 0 saturated heterocycles. The number of hydrogen-bond acceptors (Lipinski definition) is 4. The number of furan rings is 1. The summed E-state index contributed by atoms with van der Waals surface area (Å²) in [6, 6.07) is 2.11. The van der Waals surface area contributed by atoms with Crippen LogP contribution in [0.4, 0.5) is 0 Å². The SMILES string of the molecule is COCC(C)(CCO)NC(C)c1ccoc1. The second kappa shape index (κ2) is 6.03. The monoisotopic (exact) mass is 227 g/mol. The highest BCUT2D eigenvalue weighted by Crippen LogP contribution is 2.19. The van der Waals surface area contributed by atoms with Crippen molar-refractivity contribution in [3.63, 3.8) is 0 Å². The van der Waals surface area contributed by atoms with Gasteiger partial charge in [0, 0.05) is 30.9 Å². The molecule has 1 aromatic heterocycles. The fourth-order valence-electron chi connectivity index (χ4n) is 1.88. The maximum atomic E-state index is 9.06. The average Bonchev–Trinajstić information content (AvgIpc) is 2.70. The lowest BCUT2D eigenvalue weighted by atomic mass is 9.97. The van der Waals surface area contributed by atoms with Gasteiger partial charge in [-0.05, 0) is 26.3 Å². The molecule has 0 bridgehead atoms. The van der Waals surface area contributed by atoms with Crippen molar-refractivity contribution in [1.29, 1.82) is 0 Å². The summed E-state index contributed by atoms with van der Waals surface area (Å²) in [6.07, 6.45) is 4.04. The van der Waals surface area contributed by atoms with E-state index in [4.69, 9.17) is 14.3 Å². The molecule has 0 saturated carbocycles. The van der Waals surface area contributed by atoms with Gasteiger partial charge in [-0.2, -0.15) is 0 Å². The number of methoxy groups -OCH3 is 1. The van der Waals surface area contributed by atoms with Gasteiger partial charge in [-0.25, -0.2) is 0 Å². The molecule has 0 aliphatic rings. The minimum absolute atomic E-state index is 0.144. The first-order valence-corrected chi connectivity index (χ1v) is 5.51. The predicted octanol–water partition coefficient (Wildman–Crippen LogP) is 1.72. The molecule has 4 nitrogen and oxygen atoms in total. The van der Waals surface area contributed by atoms with E-state index in [1.165, 1.54) is 0 Å². The van der Waals surface area contributed by atoms with Gasteiger partial charge in [0.1, 0.15) is 0 Å². The molecule has 0 aromatic carbocycles. The van der Waals surface area contributed by atoms with E-state index in [2.05, 4.69) is 12.2 Å². The first kappa shape index (κ1) is 13.2. The Morgan fingerprint density at radius 3 is 2.88 bits per heavy atom. The Balaban J connectivity index is 2.60. The third-order valence-electron chi connectivity index (χ3n) is 2.73. The summed E-state index contributed by atoms with van der Waals surface area (Å²) >= 11 is 0. The highest BCUT2D eigenvalue weighted by Gasteiger charge is 2.26. The van der Waals surface area contributed by atoms with Crippen LogP contribution in [0.25, 0.3) is 0 Å². The smallest absolute Gasteiger partial charge is 0.0950 e. The molecule has 2 N–H and O–H groups in total. The molecule has 0 fully saturated rings. The Morgan fingerprint density at radius 1 is 1.62 bits per heavy atom. The van der Waals surface area contributed by atoms with E-state index < -0.39 is 0 Å². The van der Waals surface area contributed by atoms with Gasteiger partial charge in [0.15, 0.2) is 0 Å². The largest absolute Gasteiger partial charge is 0.472 e. The van der Waals surface area contributed by atoms with Crippen LogP contribution in [0, 0.1) is 0 Å². The quantitative estimate of drug-likeness (QED) is 0.744. The maximum Gasteiger partial charge on any atom is 0.0950 e. The molecule has 2 atom stereocenters. The molecular formula is C12H21NO3. The lowest BCUT2D eigenvalue weighted by molar-refractivity contribution is 0.0912. The first-order chi connectivity index (χ1) is 7.61. The van der Waals surface area contributed by atoms with Gasteiger partial charge >= 0.3 is 0 Å². The molecule has 92 valence electrons. The van der Waals surface area contributed by atoms with Gasteiger partial charge in [0.2, 0.25) is 0 Å². The van der Waals surface area contributed by atoms with Crippen molar-refractivity contribution >= 4 is 0 Å². The number of aliphatic hydroxyl groups excluding tert-OH is 1. The van der Waals surface area contributed by atoms with Gasteiger partial charge in [-0.15, -0.1) is 0 Å². The number of ether oxygens (including phenoxy) is 1. The molecule has 0 aliphatic carbocycles. The fraction of sp³-hybridized carbons (Fsp3) is 0.667. The Hall–Kier alpha value is -0.840. The lowest BCUT2D eigenvalue weighted by Crippen LogP contribution is -2.48. The first-order valence-electron chi connectivity index (χ1n) is 5.51. The van der Waals surface area contributed by atoms with Gasteiger partial charge in [0.25, 0.3) is 0 Å². The normalized spacial score (nSPS) is 17.0. The number of hydrogen-bond donors (Lipinski definition) is 2. The summed E-state index contributed by atoms with van der Waals surface area (Å²) in [5.41, 5.74) is 0.875. The molecule has 0 amide bonds. The van der Waals surface area contributed by atoms with Crippen LogP contribution in [-0.4, -0.2) is 31.0 Å². The number of aliphatic hydroxyl groups is 1. The van der Waals surface area contributed by atoms with Crippen LogP contribution >= 0.6 is 0 Å². The van der Waals surface area contributed by atoms with Crippen LogP contribution in [-0.2, 0) is 4.74 Å². The molecule has 4 heteroatoms. The van der Waals surface area contributed by atoms with E-state index in [1.54, 1.807) is 19.6 Å². The standard InChI is InChI=1S/C12H21NO3/c1-10(11-4-7-16-8-11)13-12(2,5-6-14)9-15-3/h4,7-8,10,13-14H,5-6,9H2,1-3H3. The van der Waals surface area contributed by atoms with E-state index >= 15 is 0 Å². The zero-order valence-electron chi connectivity index (χ0n) is 10.2. The van der Waals surface area contributed by atoms with Crippen LogP contribution < -0.4 is 5.32 Å². The summed E-state index contributed by atoms with van der Waals surface area (Å²) in [5.74, 6) is 0. The Kier molecular flexibility index (Phi) is 4.99. The minimum atomic E-state index is -0.222. The molecule has 1 heterocycles. The third-order valence-corrected chi connectivity index (χ3v) is 2.73. The van der Waals surface area contributed by atoms with Crippen LogP contribution in [0.2, 0.25) is 0 Å². The van der Waals surface area contributed by atoms with Gasteiger partial charge in [0.05, 0.1) is 19.1 Å². The number of rotatable bonds is 7. The minimum Gasteiger partial charge on any atom is -0.472 e. The molecule has 1 rings (SSSR count). The topological polar surface area (TPSA) is 54.6 Å². The number of nitrogens with one attached hydrogen (secondary N) is 1. The zero-order chi connectivity index (χ0) is 12.0. The van der Waals surface area contributed by atoms with E-state index in [0.29, 0.717) is 13.0 Å². The molecule has 0 aliphatic heterocycles. The molecule has 2 unspecified atom stereocenters. The van der Waals surface area contributed by atoms with Crippen molar-refractivity contribution in [1.82, 2.24) is 5.32 Å². The van der Waals surface area contributed by atoms with E-state index in [0.717, 1.165) is 5.56 Å². The molecule has 0 radical (unpaired) electrons. The third kappa shape index (κ3) is 3.63. The van der Waals surface area contributed by atoms with Crippen molar-refractivity contribution in [2.75, 3.05) is 20.3 Å². The van der Waals surface area contributed by atoms with Crippen molar-refractivity contribution in [2.24, 2.45) is 0 Å². The summed E-state index contributed by atoms with van der Waals surface area (Å²) < 4.78 is 10.2. The summed E-state index contributed by atoms with van der Waals surface area (Å²) in [5, 5.41) is 12.5. The van der Waals surface area contributed by atoms with Crippen LogP contribution in [0.15, 0.2) is 23.0 Å². The second-order valence-corrected chi connectivity index (χ2v) is 4.39. The average molecular weight is 227 g/mol. The van der Waals surface area contributed by atoms with Gasteiger partial charge in [-0.3, -0.25) is 0 Å². The summed E-state index contributed by atoms with van der Waals surface area (Å²) in [4.78, 5) is 0. The maximum absolute atomic E-state index is 9.06. The molecule has 1 aromatic rings. The highest BCUT2D eigenvalue weighted by atomic mass is 16.5. The van der Waals surface area contributed by atoms with E-state index in [9.17, 15) is 0 Å². The van der Waals surface area contributed by atoms with Crippen LogP contribution in [0.3, 0.4) is 0 Å². The van der Waals surface area contributed by atoms with Crippen molar-refractivity contribution in [3.05, 3.63) is 24.2 Å². The lowest BCUT2D eigenvalue weighted by Gasteiger charge is -2.32. The fourth-order valence-corrected chi connectivity index (χ4v) is 1.88. The van der Waals surface area contributed by atoms with Crippen molar-refractivity contribution < 1.29 is 14.3 Å². The summed E-state index contributed by atoms with van der Waals surface area (Å²) in [7, 11) is 1.67. The van der Waals surface area contributed by atoms with Gasteiger partial charge < -0.3 is 19.6 Å². The Morgan fingerprint density at radius 2 is 2.38 bits per heavy atom.